The Hall–Kier alpha value is -1.00. The lowest BCUT2D eigenvalue weighted by molar-refractivity contribution is 0.349. The number of aryl methyl sites for hydroxylation is 1. The summed E-state index contributed by atoms with van der Waals surface area (Å²) in [5.74, 6) is 1.86. The van der Waals surface area contributed by atoms with Crippen LogP contribution in [0.2, 0.25) is 0 Å². The predicted molar refractivity (Wildman–Crippen MR) is 71.0 cm³/mol. The number of aromatic amines is 1. The number of hydrogen-bond acceptors (Lipinski definition) is 3. The molecule has 3 nitrogen and oxygen atoms in total. The highest BCUT2D eigenvalue weighted by Crippen LogP contribution is 2.14. The predicted octanol–water partition coefficient (Wildman–Crippen LogP) is 2.23. The van der Waals surface area contributed by atoms with Crippen molar-refractivity contribution in [2.45, 2.75) is 13.5 Å². The zero-order valence-electron chi connectivity index (χ0n) is 9.70. The number of hydrogen-bond donors (Lipinski definition) is 2. The van der Waals surface area contributed by atoms with E-state index in [4.69, 9.17) is 0 Å². The molecule has 1 N–H and O–H groups in total. The van der Waals surface area contributed by atoms with Gasteiger partial charge in [-0.2, -0.15) is 12.6 Å². The third-order valence-electron chi connectivity index (χ3n) is 2.60. The van der Waals surface area contributed by atoms with Crippen LogP contribution in [0, 0.1) is 6.92 Å². The van der Waals surface area contributed by atoms with Crippen LogP contribution in [-0.4, -0.2) is 34.2 Å². The SMILES string of the molecule is Cc1nc2ccc(CN(C)CCS)cc2[nH]1. The maximum atomic E-state index is 4.39. The summed E-state index contributed by atoms with van der Waals surface area (Å²) in [6.07, 6.45) is 0. The molecule has 1 heterocycles. The largest absolute Gasteiger partial charge is 0.342 e. The van der Waals surface area contributed by atoms with E-state index in [2.05, 4.69) is 52.7 Å². The molecule has 2 rings (SSSR count). The van der Waals surface area contributed by atoms with Crippen LogP contribution in [-0.2, 0) is 6.54 Å². The number of H-pyrrole nitrogens is 1. The molecule has 1 aromatic heterocycles. The molecule has 0 fully saturated rings. The summed E-state index contributed by atoms with van der Waals surface area (Å²) in [5, 5.41) is 0. The van der Waals surface area contributed by atoms with E-state index in [1.54, 1.807) is 0 Å². The molecule has 16 heavy (non-hydrogen) atoms. The first-order chi connectivity index (χ1) is 7.69. The molecule has 86 valence electrons. The van der Waals surface area contributed by atoms with Gasteiger partial charge < -0.3 is 9.88 Å². The summed E-state index contributed by atoms with van der Waals surface area (Å²) < 4.78 is 0. The lowest BCUT2D eigenvalue weighted by atomic mass is 10.2. The Labute approximate surface area is 101 Å². The molecule has 0 aliphatic rings. The summed E-state index contributed by atoms with van der Waals surface area (Å²) in [7, 11) is 2.11. The van der Waals surface area contributed by atoms with Gasteiger partial charge in [0.05, 0.1) is 11.0 Å². The molecular weight excluding hydrogens is 218 g/mol. The van der Waals surface area contributed by atoms with Crippen molar-refractivity contribution in [3.63, 3.8) is 0 Å². The summed E-state index contributed by atoms with van der Waals surface area (Å²) >= 11 is 4.23. The molecule has 0 aliphatic carbocycles. The Morgan fingerprint density at radius 1 is 1.44 bits per heavy atom. The van der Waals surface area contributed by atoms with E-state index in [-0.39, 0.29) is 0 Å². The van der Waals surface area contributed by atoms with Crippen LogP contribution in [0.25, 0.3) is 11.0 Å². The van der Waals surface area contributed by atoms with Gasteiger partial charge in [-0.25, -0.2) is 4.98 Å². The van der Waals surface area contributed by atoms with Gasteiger partial charge in [0.15, 0.2) is 0 Å². The Bertz CT molecular complexity index is 478. The fourth-order valence-corrected chi connectivity index (χ4v) is 2.19. The molecule has 0 radical (unpaired) electrons. The van der Waals surface area contributed by atoms with Crippen LogP contribution in [0.5, 0.6) is 0 Å². The summed E-state index contributed by atoms with van der Waals surface area (Å²) in [6, 6.07) is 6.38. The number of fused-ring (bicyclic) bond motifs is 1. The van der Waals surface area contributed by atoms with Crippen molar-refractivity contribution in [2.75, 3.05) is 19.3 Å². The highest BCUT2D eigenvalue weighted by Gasteiger charge is 2.03. The van der Waals surface area contributed by atoms with Crippen LogP contribution in [0.3, 0.4) is 0 Å². The van der Waals surface area contributed by atoms with Gasteiger partial charge in [0.1, 0.15) is 5.82 Å². The normalized spacial score (nSPS) is 11.5. The van der Waals surface area contributed by atoms with Crippen LogP contribution >= 0.6 is 12.6 Å². The topological polar surface area (TPSA) is 31.9 Å². The molecule has 0 aliphatic heterocycles. The van der Waals surface area contributed by atoms with Gasteiger partial charge in [-0.3, -0.25) is 0 Å². The van der Waals surface area contributed by atoms with Crippen molar-refractivity contribution >= 4 is 23.7 Å². The summed E-state index contributed by atoms with van der Waals surface area (Å²) in [5.41, 5.74) is 3.47. The Morgan fingerprint density at radius 2 is 2.25 bits per heavy atom. The van der Waals surface area contributed by atoms with E-state index in [1.807, 2.05) is 6.92 Å². The number of thiol groups is 1. The number of nitrogens with zero attached hydrogens (tertiary/aromatic N) is 2. The Balaban J connectivity index is 2.18. The first-order valence-electron chi connectivity index (χ1n) is 5.43. The maximum Gasteiger partial charge on any atom is 0.104 e. The van der Waals surface area contributed by atoms with Gasteiger partial charge in [0.25, 0.3) is 0 Å². The van der Waals surface area contributed by atoms with Crippen molar-refractivity contribution in [1.29, 1.82) is 0 Å². The zero-order valence-corrected chi connectivity index (χ0v) is 10.6. The molecule has 0 saturated carbocycles. The lowest BCUT2D eigenvalue weighted by Crippen LogP contribution is -2.19. The highest BCUT2D eigenvalue weighted by molar-refractivity contribution is 7.80. The van der Waals surface area contributed by atoms with Crippen molar-refractivity contribution in [3.8, 4) is 0 Å². The van der Waals surface area contributed by atoms with Gasteiger partial charge in [0, 0.05) is 18.8 Å². The number of rotatable bonds is 4. The zero-order chi connectivity index (χ0) is 11.5. The molecule has 0 amide bonds. The fourth-order valence-electron chi connectivity index (χ4n) is 1.84. The Morgan fingerprint density at radius 3 is 3.00 bits per heavy atom. The minimum absolute atomic E-state index is 0.891. The average Bonchev–Trinajstić information content (AvgIpc) is 2.57. The van der Waals surface area contributed by atoms with E-state index in [9.17, 15) is 0 Å². The second-order valence-electron chi connectivity index (χ2n) is 4.14. The Kier molecular flexibility index (Phi) is 3.51. The minimum Gasteiger partial charge on any atom is -0.342 e. The average molecular weight is 235 g/mol. The van der Waals surface area contributed by atoms with Crippen LogP contribution < -0.4 is 0 Å². The smallest absolute Gasteiger partial charge is 0.104 e. The lowest BCUT2D eigenvalue weighted by Gasteiger charge is -2.14. The van der Waals surface area contributed by atoms with Crippen molar-refractivity contribution in [1.82, 2.24) is 14.9 Å². The molecule has 0 unspecified atom stereocenters. The first kappa shape index (κ1) is 11.5. The first-order valence-corrected chi connectivity index (χ1v) is 6.07. The van der Waals surface area contributed by atoms with E-state index >= 15 is 0 Å². The summed E-state index contributed by atoms with van der Waals surface area (Å²) in [6.45, 7) is 3.93. The number of benzene rings is 1. The quantitative estimate of drug-likeness (QED) is 0.796. The molecule has 1 aromatic carbocycles. The number of aromatic nitrogens is 2. The molecule has 0 spiro atoms. The van der Waals surface area contributed by atoms with Gasteiger partial charge in [-0.1, -0.05) is 6.07 Å². The van der Waals surface area contributed by atoms with Crippen LogP contribution in [0.1, 0.15) is 11.4 Å². The van der Waals surface area contributed by atoms with Crippen molar-refractivity contribution in [3.05, 3.63) is 29.6 Å². The molecule has 0 bridgehead atoms. The van der Waals surface area contributed by atoms with Gasteiger partial charge >= 0.3 is 0 Å². The molecule has 0 saturated heterocycles. The van der Waals surface area contributed by atoms with Crippen LogP contribution in [0.4, 0.5) is 0 Å². The fraction of sp³-hybridized carbons (Fsp3) is 0.417. The third-order valence-corrected chi connectivity index (χ3v) is 2.80. The van der Waals surface area contributed by atoms with Gasteiger partial charge in [-0.05, 0) is 31.7 Å². The van der Waals surface area contributed by atoms with Crippen molar-refractivity contribution in [2.24, 2.45) is 0 Å². The maximum absolute atomic E-state index is 4.39. The monoisotopic (exact) mass is 235 g/mol. The second kappa shape index (κ2) is 4.89. The molecule has 2 aromatic rings. The van der Waals surface area contributed by atoms with E-state index < -0.39 is 0 Å². The number of imidazole rings is 1. The van der Waals surface area contributed by atoms with E-state index in [0.717, 1.165) is 35.7 Å². The molecule has 4 heteroatoms. The van der Waals surface area contributed by atoms with Crippen molar-refractivity contribution < 1.29 is 0 Å². The molecular formula is C12H17N3S. The van der Waals surface area contributed by atoms with Gasteiger partial charge in [-0.15, -0.1) is 0 Å². The number of nitrogens with one attached hydrogen (secondary N) is 1. The molecule has 0 atom stereocenters. The summed E-state index contributed by atoms with van der Waals surface area (Å²) in [4.78, 5) is 9.91. The van der Waals surface area contributed by atoms with E-state index in [0.29, 0.717) is 0 Å². The standard InChI is InChI=1S/C12H17N3S/c1-9-13-11-4-3-10(7-12(11)14-9)8-15(2)5-6-16/h3-4,7,16H,5-6,8H2,1-2H3,(H,13,14). The van der Waals surface area contributed by atoms with Gasteiger partial charge in [0.2, 0.25) is 0 Å². The van der Waals surface area contributed by atoms with E-state index in [1.165, 1.54) is 5.56 Å². The minimum atomic E-state index is 0.891. The second-order valence-corrected chi connectivity index (χ2v) is 4.58. The third kappa shape index (κ3) is 2.57. The highest BCUT2D eigenvalue weighted by atomic mass is 32.1. The van der Waals surface area contributed by atoms with Crippen LogP contribution in [0.15, 0.2) is 18.2 Å².